The predicted molar refractivity (Wildman–Crippen MR) is 98.2 cm³/mol. The van der Waals surface area contributed by atoms with Gasteiger partial charge in [-0.05, 0) is 48.4 Å². The maximum Gasteiger partial charge on any atom is 0.417 e. The first-order valence-corrected chi connectivity index (χ1v) is 8.94. The molecule has 0 bridgehead atoms. The number of halogens is 5. The van der Waals surface area contributed by atoms with Crippen LogP contribution in [-0.4, -0.2) is 22.3 Å². The van der Waals surface area contributed by atoms with Gasteiger partial charge in [0.1, 0.15) is 0 Å². The molecular formula is C19H13Cl2F3N2O. The monoisotopic (exact) mass is 412 g/mol. The Kier molecular flexibility index (Phi) is 4.35. The van der Waals surface area contributed by atoms with Gasteiger partial charge >= 0.3 is 6.18 Å². The minimum Gasteiger partial charge on any atom is -0.357 e. The number of nitrogens with zero attached hydrogens (tertiary/aromatic N) is 1. The van der Waals surface area contributed by atoms with Crippen LogP contribution in [0.3, 0.4) is 0 Å². The van der Waals surface area contributed by atoms with Crippen molar-refractivity contribution in [3.63, 3.8) is 0 Å². The topological polar surface area (TPSA) is 36.1 Å². The summed E-state index contributed by atoms with van der Waals surface area (Å²) in [5.41, 5.74) is 2.15. The third kappa shape index (κ3) is 3.28. The number of fused-ring (bicyclic) bond motifs is 3. The number of aromatic amines is 1. The summed E-state index contributed by atoms with van der Waals surface area (Å²) in [6, 6.07) is 8.65. The number of carbonyl (C=O) groups excluding carboxylic acids is 1. The summed E-state index contributed by atoms with van der Waals surface area (Å²) in [4.78, 5) is 17.6. The van der Waals surface area contributed by atoms with Crippen LogP contribution in [0.5, 0.6) is 0 Å². The van der Waals surface area contributed by atoms with Crippen molar-refractivity contribution in [1.29, 1.82) is 0 Å². The number of benzene rings is 2. The Morgan fingerprint density at radius 3 is 2.59 bits per heavy atom. The number of rotatable bonds is 1. The molecule has 2 heterocycles. The van der Waals surface area contributed by atoms with Crippen LogP contribution < -0.4 is 0 Å². The molecule has 0 unspecified atom stereocenters. The average molecular weight is 413 g/mol. The van der Waals surface area contributed by atoms with E-state index in [9.17, 15) is 18.0 Å². The molecule has 1 N–H and O–H groups in total. The Morgan fingerprint density at radius 1 is 1.11 bits per heavy atom. The van der Waals surface area contributed by atoms with Crippen molar-refractivity contribution in [3.8, 4) is 0 Å². The number of carbonyl (C=O) groups is 1. The van der Waals surface area contributed by atoms with Gasteiger partial charge in [-0.2, -0.15) is 13.2 Å². The molecule has 4 rings (SSSR count). The van der Waals surface area contributed by atoms with Crippen molar-refractivity contribution in [2.45, 2.75) is 19.1 Å². The van der Waals surface area contributed by atoms with E-state index in [4.69, 9.17) is 23.2 Å². The highest BCUT2D eigenvalue weighted by atomic mass is 35.5. The van der Waals surface area contributed by atoms with Crippen LogP contribution in [0.25, 0.3) is 10.9 Å². The van der Waals surface area contributed by atoms with E-state index in [2.05, 4.69) is 4.98 Å². The zero-order valence-electron chi connectivity index (χ0n) is 13.8. The number of aromatic nitrogens is 1. The van der Waals surface area contributed by atoms with E-state index in [-0.39, 0.29) is 11.5 Å². The minimum absolute atomic E-state index is 0.135. The Morgan fingerprint density at radius 2 is 1.89 bits per heavy atom. The molecule has 0 aliphatic carbocycles. The molecule has 0 fully saturated rings. The number of nitrogens with one attached hydrogen (secondary N) is 1. The molecule has 0 saturated heterocycles. The van der Waals surface area contributed by atoms with Crippen LogP contribution in [0.1, 0.15) is 27.2 Å². The van der Waals surface area contributed by atoms with E-state index in [0.29, 0.717) is 24.5 Å². The van der Waals surface area contributed by atoms with Crippen molar-refractivity contribution in [2.24, 2.45) is 0 Å². The Hall–Kier alpha value is -2.18. The summed E-state index contributed by atoms with van der Waals surface area (Å²) in [6.07, 6.45) is -3.92. The van der Waals surface area contributed by atoms with Gasteiger partial charge in [-0.25, -0.2) is 0 Å². The quantitative estimate of drug-likeness (QED) is 0.547. The fourth-order valence-electron chi connectivity index (χ4n) is 3.45. The van der Waals surface area contributed by atoms with Crippen molar-refractivity contribution in [3.05, 3.63) is 68.8 Å². The first-order chi connectivity index (χ1) is 12.7. The maximum atomic E-state index is 12.8. The first kappa shape index (κ1) is 18.2. The molecule has 3 nitrogen and oxygen atoms in total. The van der Waals surface area contributed by atoms with Gasteiger partial charge in [0.05, 0.1) is 17.1 Å². The molecule has 1 aliphatic rings. The van der Waals surface area contributed by atoms with E-state index in [0.717, 1.165) is 40.4 Å². The summed E-state index contributed by atoms with van der Waals surface area (Å²) in [5.74, 6) is -0.354. The Balaban J connectivity index is 1.61. The third-order valence-electron chi connectivity index (χ3n) is 4.75. The fraction of sp³-hybridized carbons (Fsp3) is 0.211. The molecular weight excluding hydrogens is 400 g/mol. The standard InChI is InChI=1S/C19H13Cl2F3N2O/c20-11-2-4-16-13(8-11)12-5-6-26(9-17(12)25-16)18(27)10-1-3-14(15(21)7-10)19(22,23)24/h1-4,7-8,25H,5-6,9H2. The van der Waals surface area contributed by atoms with Gasteiger partial charge in [-0.3, -0.25) is 4.79 Å². The predicted octanol–water partition coefficient (Wildman–Crippen LogP) is 5.69. The highest BCUT2D eigenvalue weighted by molar-refractivity contribution is 6.32. The van der Waals surface area contributed by atoms with Crippen molar-refractivity contribution in [1.82, 2.24) is 9.88 Å². The molecule has 0 saturated carbocycles. The summed E-state index contributed by atoms with van der Waals surface area (Å²) in [5, 5.41) is 1.19. The molecule has 1 amide bonds. The lowest BCUT2D eigenvalue weighted by atomic mass is 10.0. The summed E-state index contributed by atoms with van der Waals surface area (Å²) >= 11 is 11.8. The second-order valence-electron chi connectivity index (χ2n) is 6.44. The highest BCUT2D eigenvalue weighted by Crippen LogP contribution is 2.35. The van der Waals surface area contributed by atoms with Crippen LogP contribution in [-0.2, 0) is 19.1 Å². The third-order valence-corrected chi connectivity index (χ3v) is 5.29. The van der Waals surface area contributed by atoms with Crippen LogP contribution in [0.2, 0.25) is 10.0 Å². The minimum atomic E-state index is -4.55. The Labute approximate surface area is 162 Å². The van der Waals surface area contributed by atoms with Gasteiger partial charge in [-0.15, -0.1) is 0 Å². The van der Waals surface area contributed by atoms with Crippen LogP contribution in [0.15, 0.2) is 36.4 Å². The first-order valence-electron chi connectivity index (χ1n) is 8.19. The second kappa shape index (κ2) is 6.46. The zero-order chi connectivity index (χ0) is 19.3. The van der Waals surface area contributed by atoms with Gasteiger partial charge in [0.2, 0.25) is 0 Å². The molecule has 0 radical (unpaired) electrons. The molecule has 2 aromatic carbocycles. The maximum absolute atomic E-state index is 12.8. The normalized spacial score (nSPS) is 14.5. The van der Waals surface area contributed by atoms with Crippen LogP contribution in [0, 0.1) is 0 Å². The second-order valence-corrected chi connectivity index (χ2v) is 7.28. The van der Waals surface area contributed by atoms with E-state index < -0.39 is 16.8 Å². The zero-order valence-corrected chi connectivity index (χ0v) is 15.3. The molecule has 3 aromatic rings. The molecule has 1 aliphatic heterocycles. The van der Waals surface area contributed by atoms with Crippen molar-refractivity contribution < 1.29 is 18.0 Å². The molecule has 1 aromatic heterocycles. The molecule has 8 heteroatoms. The summed E-state index contributed by atoms with van der Waals surface area (Å²) < 4.78 is 38.5. The van der Waals surface area contributed by atoms with Gasteiger partial charge in [0, 0.05) is 33.7 Å². The number of H-pyrrole nitrogens is 1. The smallest absolute Gasteiger partial charge is 0.357 e. The summed E-state index contributed by atoms with van der Waals surface area (Å²) in [6.45, 7) is 0.809. The highest BCUT2D eigenvalue weighted by Gasteiger charge is 2.34. The lowest BCUT2D eigenvalue weighted by Gasteiger charge is -2.27. The van der Waals surface area contributed by atoms with E-state index in [1.54, 1.807) is 11.0 Å². The van der Waals surface area contributed by atoms with Gasteiger partial charge < -0.3 is 9.88 Å². The van der Waals surface area contributed by atoms with Crippen molar-refractivity contribution in [2.75, 3.05) is 6.54 Å². The van der Waals surface area contributed by atoms with Crippen LogP contribution in [0.4, 0.5) is 13.2 Å². The number of hydrogen-bond acceptors (Lipinski definition) is 1. The fourth-order valence-corrected chi connectivity index (χ4v) is 3.91. The van der Waals surface area contributed by atoms with E-state index >= 15 is 0 Å². The molecule has 140 valence electrons. The van der Waals surface area contributed by atoms with Gasteiger partial charge in [-0.1, -0.05) is 23.2 Å². The molecule has 0 spiro atoms. The van der Waals surface area contributed by atoms with Crippen LogP contribution >= 0.6 is 23.2 Å². The average Bonchev–Trinajstić information content (AvgIpc) is 2.96. The van der Waals surface area contributed by atoms with Gasteiger partial charge in [0.15, 0.2) is 0 Å². The lowest BCUT2D eigenvalue weighted by Crippen LogP contribution is -2.35. The van der Waals surface area contributed by atoms with E-state index in [1.165, 1.54) is 0 Å². The van der Waals surface area contributed by atoms with Crippen molar-refractivity contribution >= 4 is 40.0 Å². The summed E-state index contributed by atoms with van der Waals surface area (Å²) in [7, 11) is 0. The lowest BCUT2D eigenvalue weighted by molar-refractivity contribution is -0.137. The SMILES string of the molecule is O=C(c1ccc(C(F)(F)F)c(Cl)c1)N1CCc2c([nH]c3ccc(Cl)cc23)C1. The number of hydrogen-bond donors (Lipinski definition) is 1. The van der Waals surface area contributed by atoms with E-state index in [1.807, 2.05) is 12.1 Å². The number of alkyl halides is 3. The Bertz CT molecular complexity index is 1060. The molecule has 27 heavy (non-hydrogen) atoms. The van der Waals surface area contributed by atoms with Gasteiger partial charge in [0.25, 0.3) is 5.91 Å². The number of amides is 1. The molecule has 0 atom stereocenters. The largest absolute Gasteiger partial charge is 0.417 e.